The van der Waals surface area contributed by atoms with E-state index in [4.69, 9.17) is 0 Å². The summed E-state index contributed by atoms with van der Waals surface area (Å²) in [4.78, 5) is 4.45. The van der Waals surface area contributed by atoms with Crippen LogP contribution in [0, 0.1) is 6.92 Å². The van der Waals surface area contributed by atoms with E-state index < -0.39 is 0 Å². The van der Waals surface area contributed by atoms with Crippen molar-refractivity contribution in [3.8, 4) is 0 Å². The Balaban J connectivity index is 2.18. The number of pyridine rings is 1. The molecule has 0 spiro atoms. The van der Waals surface area contributed by atoms with Crippen LogP contribution in [0.1, 0.15) is 22.9 Å². The highest BCUT2D eigenvalue weighted by Gasteiger charge is 2.13. The fourth-order valence-electron chi connectivity index (χ4n) is 1.82. The molecule has 0 fully saturated rings. The molecular formula is C13H15BrN2S. The van der Waals surface area contributed by atoms with Gasteiger partial charge in [-0.1, -0.05) is 6.07 Å². The molecule has 0 aliphatic heterocycles. The van der Waals surface area contributed by atoms with E-state index in [1.807, 2.05) is 19.3 Å². The third-order valence-electron chi connectivity index (χ3n) is 2.85. The lowest BCUT2D eigenvalue weighted by Crippen LogP contribution is -2.19. The van der Waals surface area contributed by atoms with Gasteiger partial charge in [0, 0.05) is 24.4 Å². The molecule has 2 aromatic heterocycles. The van der Waals surface area contributed by atoms with Gasteiger partial charge in [0.2, 0.25) is 0 Å². The SMILES string of the molecule is CNC(Cc1ncccc1C)c1csc(Br)c1. The van der Waals surface area contributed by atoms with Gasteiger partial charge in [0.15, 0.2) is 0 Å². The van der Waals surface area contributed by atoms with E-state index >= 15 is 0 Å². The third-order valence-corrected chi connectivity index (χ3v) is 4.38. The van der Waals surface area contributed by atoms with Gasteiger partial charge in [-0.05, 0) is 58.5 Å². The highest BCUT2D eigenvalue weighted by molar-refractivity contribution is 9.11. The summed E-state index contributed by atoms with van der Waals surface area (Å²) in [5.41, 5.74) is 3.73. The summed E-state index contributed by atoms with van der Waals surface area (Å²) >= 11 is 5.22. The van der Waals surface area contributed by atoms with Gasteiger partial charge in [-0.25, -0.2) is 0 Å². The molecule has 0 aliphatic rings. The Bertz CT molecular complexity index is 496. The van der Waals surface area contributed by atoms with Gasteiger partial charge < -0.3 is 5.32 Å². The van der Waals surface area contributed by atoms with E-state index in [0.29, 0.717) is 6.04 Å². The van der Waals surface area contributed by atoms with Crippen LogP contribution in [0.25, 0.3) is 0 Å². The quantitative estimate of drug-likeness (QED) is 0.931. The minimum Gasteiger partial charge on any atom is -0.313 e. The molecule has 1 unspecified atom stereocenters. The van der Waals surface area contributed by atoms with Gasteiger partial charge in [0.25, 0.3) is 0 Å². The smallest absolute Gasteiger partial charge is 0.0701 e. The highest BCUT2D eigenvalue weighted by atomic mass is 79.9. The third kappa shape index (κ3) is 3.15. The maximum absolute atomic E-state index is 4.45. The van der Waals surface area contributed by atoms with Crippen LogP contribution >= 0.6 is 27.3 Å². The topological polar surface area (TPSA) is 24.9 Å². The molecule has 0 bridgehead atoms. The average Bonchev–Trinajstić information content (AvgIpc) is 2.75. The lowest BCUT2D eigenvalue weighted by molar-refractivity contribution is 0.584. The minimum absolute atomic E-state index is 0.325. The van der Waals surface area contributed by atoms with Crippen LogP contribution in [0.4, 0.5) is 0 Å². The summed E-state index contributed by atoms with van der Waals surface area (Å²) in [6.45, 7) is 2.11. The van der Waals surface area contributed by atoms with E-state index in [1.54, 1.807) is 11.3 Å². The van der Waals surface area contributed by atoms with Gasteiger partial charge in [-0.2, -0.15) is 0 Å². The van der Waals surface area contributed by atoms with E-state index in [2.05, 4.69) is 50.7 Å². The molecule has 0 saturated carbocycles. The van der Waals surface area contributed by atoms with Crippen molar-refractivity contribution in [1.29, 1.82) is 0 Å². The molecule has 2 nitrogen and oxygen atoms in total. The fraction of sp³-hybridized carbons (Fsp3) is 0.308. The number of hydrogen-bond donors (Lipinski definition) is 1. The Kier molecular flexibility index (Phi) is 4.31. The van der Waals surface area contributed by atoms with E-state index in [0.717, 1.165) is 12.1 Å². The number of rotatable bonds is 4. The number of nitrogens with zero attached hydrogens (tertiary/aromatic N) is 1. The zero-order valence-electron chi connectivity index (χ0n) is 9.90. The van der Waals surface area contributed by atoms with Gasteiger partial charge in [0.1, 0.15) is 0 Å². The van der Waals surface area contributed by atoms with Crippen LogP contribution in [0.15, 0.2) is 33.6 Å². The molecular weight excluding hydrogens is 296 g/mol. The maximum atomic E-state index is 4.45. The first-order chi connectivity index (χ1) is 8.20. The van der Waals surface area contributed by atoms with Gasteiger partial charge in [-0.15, -0.1) is 11.3 Å². The van der Waals surface area contributed by atoms with E-state index in [-0.39, 0.29) is 0 Å². The molecule has 2 heterocycles. The normalized spacial score (nSPS) is 12.6. The Morgan fingerprint density at radius 1 is 1.53 bits per heavy atom. The summed E-state index contributed by atoms with van der Waals surface area (Å²) < 4.78 is 1.17. The average molecular weight is 311 g/mol. The van der Waals surface area contributed by atoms with Crippen molar-refractivity contribution >= 4 is 27.3 Å². The van der Waals surface area contributed by atoms with Gasteiger partial charge in [0.05, 0.1) is 3.79 Å². The van der Waals surface area contributed by atoms with Gasteiger partial charge >= 0.3 is 0 Å². The molecule has 0 radical (unpaired) electrons. The molecule has 4 heteroatoms. The van der Waals surface area contributed by atoms with Gasteiger partial charge in [-0.3, -0.25) is 4.98 Å². The Hall–Kier alpha value is -0.710. The van der Waals surface area contributed by atoms with Crippen molar-refractivity contribution in [1.82, 2.24) is 10.3 Å². The molecule has 0 saturated heterocycles. The largest absolute Gasteiger partial charge is 0.313 e. The Morgan fingerprint density at radius 2 is 2.35 bits per heavy atom. The Morgan fingerprint density at radius 3 is 2.94 bits per heavy atom. The molecule has 1 atom stereocenters. The summed E-state index contributed by atoms with van der Waals surface area (Å²) in [7, 11) is 1.99. The second kappa shape index (κ2) is 5.76. The van der Waals surface area contributed by atoms with E-state index in [9.17, 15) is 0 Å². The summed E-state index contributed by atoms with van der Waals surface area (Å²) in [5.74, 6) is 0. The number of nitrogens with one attached hydrogen (secondary N) is 1. The van der Waals surface area contributed by atoms with Crippen LogP contribution in [0.5, 0.6) is 0 Å². The maximum Gasteiger partial charge on any atom is 0.0701 e. The van der Waals surface area contributed by atoms with Crippen molar-refractivity contribution in [2.24, 2.45) is 0 Å². The first-order valence-electron chi connectivity index (χ1n) is 5.52. The summed E-state index contributed by atoms with van der Waals surface area (Å²) in [6, 6.07) is 6.59. The highest BCUT2D eigenvalue weighted by Crippen LogP contribution is 2.27. The second-order valence-electron chi connectivity index (χ2n) is 4.00. The first kappa shape index (κ1) is 12.7. The summed E-state index contributed by atoms with van der Waals surface area (Å²) in [5, 5.41) is 5.54. The van der Waals surface area contributed by atoms with Crippen molar-refractivity contribution in [2.45, 2.75) is 19.4 Å². The fourth-order valence-corrected chi connectivity index (χ4v) is 3.05. The molecule has 1 N–H and O–H groups in total. The zero-order valence-corrected chi connectivity index (χ0v) is 12.3. The van der Waals surface area contributed by atoms with Crippen LogP contribution < -0.4 is 5.32 Å². The van der Waals surface area contributed by atoms with E-state index in [1.165, 1.54) is 14.9 Å². The zero-order chi connectivity index (χ0) is 12.3. The van der Waals surface area contributed by atoms with Crippen molar-refractivity contribution in [2.75, 3.05) is 7.05 Å². The Labute approximate surface area is 114 Å². The molecule has 0 aromatic carbocycles. The van der Waals surface area contributed by atoms with Crippen LogP contribution in [-0.4, -0.2) is 12.0 Å². The molecule has 17 heavy (non-hydrogen) atoms. The number of halogens is 1. The molecule has 90 valence electrons. The number of likely N-dealkylation sites (N-methyl/N-ethyl adjacent to an activating group) is 1. The predicted molar refractivity (Wildman–Crippen MR) is 76.5 cm³/mol. The second-order valence-corrected chi connectivity index (χ2v) is 6.29. The molecule has 0 amide bonds. The van der Waals surface area contributed by atoms with Crippen molar-refractivity contribution < 1.29 is 0 Å². The number of hydrogen-bond acceptors (Lipinski definition) is 3. The first-order valence-corrected chi connectivity index (χ1v) is 7.19. The monoisotopic (exact) mass is 310 g/mol. The number of aryl methyl sites for hydroxylation is 1. The lowest BCUT2D eigenvalue weighted by Gasteiger charge is -2.15. The molecule has 2 rings (SSSR count). The van der Waals surface area contributed by atoms with Crippen LogP contribution in [-0.2, 0) is 6.42 Å². The standard InChI is InChI=1S/C13H15BrN2S/c1-9-4-3-5-16-11(9)7-12(15-2)10-6-13(14)17-8-10/h3-6,8,12,15H,7H2,1-2H3. The van der Waals surface area contributed by atoms with Crippen molar-refractivity contribution in [3.63, 3.8) is 0 Å². The minimum atomic E-state index is 0.325. The van der Waals surface area contributed by atoms with Crippen molar-refractivity contribution in [3.05, 3.63) is 50.4 Å². The number of thiophene rings is 1. The number of aromatic nitrogens is 1. The molecule has 0 aliphatic carbocycles. The summed E-state index contributed by atoms with van der Waals surface area (Å²) in [6.07, 6.45) is 2.78. The van der Waals surface area contributed by atoms with Crippen LogP contribution in [0.3, 0.4) is 0 Å². The molecule has 2 aromatic rings. The van der Waals surface area contributed by atoms with Crippen LogP contribution in [0.2, 0.25) is 0 Å². The lowest BCUT2D eigenvalue weighted by atomic mass is 10.0. The predicted octanol–water partition coefficient (Wildman–Crippen LogP) is 3.72.